The van der Waals surface area contributed by atoms with E-state index in [0.29, 0.717) is 6.42 Å². The van der Waals surface area contributed by atoms with Crippen LogP contribution in [0.2, 0.25) is 0 Å². The van der Waals surface area contributed by atoms with Gasteiger partial charge in [0.25, 0.3) is 0 Å². The normalized spacial score (nSPS) is 11.2. The number of hydrogen-bond acceptors (Lipinski definition) is 3. The maximum atomic E-state index is 12.7. The molecule has 0 aliphatic carbocycles. The lowest BCUT2D eigenvalue weighted by atomic mass is 10.1. The van der Waals surface area contributed by atoms with Crippen LogP contribution in [0, 0.1) is 13.8 Å². The van der Waals surface area contributed by atoms with Gasteiger partial charge in [-0.15, -0.1) is 24.8 Å². The smallest absolute Gasteiger partial charge is 0.244 e. The number of carbonyl (C=O) groups excluding carboxylic acids is 1. The summed E-state index contributed by atoms with van der Waals surface area (Å²) in [6.07, 6.45) is 4.15. The van der Waals surface area contributed by atoms with Crippen LogP contribution in [0.15, 0.2) is 61.1 Å². The van der Waals surface area contributed by atoms with Crippen molar-refractivity contribution < 1.29 is 4.79 Å². The van der Waals surface area contributed by atoms with E-state index in [1.807, 2.05) is 54.9 Å². The molecule has 1 aromatic heterocycles. The van der Waals surface area contributed by atoms with Gasteiger partial charge < -0.3 is 15.2 Å². The van der Waals surface area contributed by atoms with Gasteiger partial charge in [-0.3, -0.25) is 4.79 Å². The van der Waals surface area contributed by atoms with Crippen LogP contribution in [0.1, 0.15) is 22.4 Å². The molecule has 0 fully saturated rings. The molecule has 0 unspecified atom stereocenters. The number of carbonyl (C=O) groups is 1. The van der Waals surface area contributed by atoms with Crippen molar-refractivity contribution >= 4 is 36.4 Å². The van der Waals surface area contributed by atoms with Gasteiger partial charge >= 0.3 is 0 Å². The Morgan fingerprint density at radius 3 is 2.34 bits per heavy atom. The molecule has 1 heterocycles. The summed E-state index contributed by atoms with van der Waals surface area (Å²) in [7, 11) is 1.77. The molecular weight excluding hydrogens is 407 g/mol. The van der Waals surface area contributed by atoms with E-state index < -0.39 is 6.04 Å². The first-order chi connectivity index (χ1) is 12.9. The Bertz CT molecular complexity index is 907. The standard InChI is InChI=1S/C22H26N4O.2ClH/c1-16-9-17(2)11-20(10-16)25(3)22(27)21(23)12-19-14-26(15-24-19)13-18-7-5-4-6-8-18;;/h4-11,14-15,21H,12-13,23H2,1-3H3;2*1H/t21-;;/m0../s1. The molecule has 0 bridgehead atoms. The number of rotatable bonds is 6. The second kappa shape index (κ2) is 11.0. The van der Waals surface area contributed by atoms with Gasteiger partial charge in [-0.1, -0.05) is 36.4 Å². The Balaban J connectivity index is 0.00000210. The summed E-state index contributed by atoms with van der Waals surface area (Å²) in [4.78, 5) is 18.8. The van der Waals surface area contributed by atoms with Gasteiger partial charge in [-0.05, 0) is 42.7 Å². The van der Waals surface area contributed by atoms with Crippen LogP contribution in [-0.4, -0.2) is 28.5 Å². The van der Waals surface area contributed by atoms with Crippen molar-refractivity contribution in [3.8, 4) is 0 Å². The number of nitrogens with two attached hydrogens (primary N) is 1. The Morgan fingerprint density at radius 1 is 1.10 bits per heavy atom. The third-order valence-corrected chi connectivity index (χ3v) is 4.57. The topological polar surface area (TPSA) is 64.2 Å². The zero-order valence-electron chi connectivity index (χ0n) is 16.9. The van der Waals surface area contributed by atoms with E-state index in [-0.39, 0.29) is 30.7 Å². The first-order valence-electron chi connectivity index (χ1n) is 9.08. The van der Waals surface area contributed by atoms with Gasteiger partial charge in [0.1, 0.15) is 0 Å². The average molecular weight is 435 g/mol. The van der Waals surface area contributed by atoms with Crippen LogP contribution < -0.4 is 10.6 Å². The summed E-state index contributed by atoms with van der Waals surface area (Å²) in [6, 6.07) is 15.6. The number of halogens is 2. The van der Waals surface area contributed by atoms with Crippen LogP contribution >= 0.6 is 24.8 Å². The van der Waals surface area contributed by atoms with E-state index in [1.54, 1.807) is 18.3 Å². The summed E-state index contributed by atoms with van der Waals surface area (Å²) in [6.45, 7) is 4.79. The van der Waals surface area contributed by atoms with Crippen LogP contribution in [0.3, 0.4) is 0 Å². The fraction of sp³-hybridized carbons (Fsp3) is 0.273. The number of amides is 1. The maximum Gasteiger partial charge on any atom is 0.244 e. The lowest BCUT2D eigenvalue weighted by molar-refractivity contribution is -0.119. The second-order valence-electron chi connectivity index (χ2n) is 7.08. The molecule has 2 aromatic carbocycles. The number of anilines is 1. The SMILES string of the molecule is Cc1cc(C)cc(N(C)C(=O)[C@@H](N)Cc2cn(Cc3ccccc3)cn2)c1.Cl.Cl. The van der Waals surface area contributed by atoms with Crippen molar-refractivity contribution in [2.24, 2.45) is 5.73 Å². The second-order valence-corrected chi connectivity index (χ2v) is 7.08. The number of likely N-dealkylation sites (N-methyl/N-ethyl adjacent to an activating group) is 1. The molecule has 2 N–H and O–H groups in total. The highest BCUT2D eigenvalue weighted by Crippen LogP contribution is 2.18. The van der Waals surface area contributed by atoms with Crippen LogP contribution in [0.4, 0.5) is 5.69 Å². The van der Waals surface area contributed by atoms with Crippen molar-refractivity contribution in [3.63, 3.8) is 0 Å². The summed E-state index contributed by atoms with van der Waals surface area (Å²) in [5.41, 5.74) is 11.3. The molecule has 5 nitrogen and oxygen atoms in total. The van der Waals surface area contributed by atoms with E-state index in [4.69, 9.17) is 5.73 Å². The first-order valence-corrected chi connectivity index (χ1v) is 9.08. The number of nitrogens with zero attached hydrogens (tertiary/aromatic N) is 3. The van der Waals surface area contributed by atoms with E-state index >= 15 is 0 Å². The fourth-order valence-electron chi connectivity index (χ4n) is 3.23. The zero-order chi connectivity index (χ0) is 19.4. The average Bonchev–Trinajstić information content (AvgIpc) is 3.07. The Morgan fingerprint density at radius 2 is 1.72 bits per heavy atom. The van der Waals surface area contributed by atoms with Crippen LogP contribution in [0.5, 0.6) is 0 Å². The van der Waals surface area contributed by atoms with Crippen molar-refractivity contribution in [2.75, 3.05) is 11.9 Å². The Hall–Kier alpha value is -2.34. The number of imidazole rings is 1. The zero-order valence-corrected chi connectivity index (χ0v) is 18.5. The van der Waals surface area contributed by atoms with Crippen molar-refractivity contribution in [2.45, 2.75) is 32.9 Å². The minimum absolute atomic E-state index is 0. The van der Waals surface area contributed by atoms with Crippen molar-refractivity contribution in [3.05, 3.63) is 83.4 Å². The van der Waals surface area contributed by atoms with E-state index in [0.717, 1.165) is 29.1 Å². The van der Waals surface area contributed by atoms with Crippen molar-refractivity contribution in [1.29, 1.82) is 0 Å². The van der Waals surface area contributed by atoms with Gasteiger partial charge in [-0.2, -0.15) is 0 Å². The molecule has 3 aromatic rings. The molecule has 0 saturated heterocycles. The van der Waals surface area contributed by atoms with Gasteiger partial charge in [0.2, 0.25) is 5.91 Å². The fourth-order valence-corrected chi connectivity index (χ4v) is 3.23. The van der Waals surface area contributed by atoms with Crippen molar-refractivity contribution in [1.82, 2.24) is 9.55 Å². The molecule has 1 atom stereocenters. The molecule has 0 radical (unpaired) electrons. The molecule has 29 heavy (non-hydrogen) atoms. The number of hydrogen-bond donors (Lipinski definition) is 1. The molecule has 3 rings (SSSR count). The summed E-state index contributed by atoms with van der Waals surface area (Å²) in [5.74, 6) is -0.113. The summed E-state index contributed by atoms with van der Waals surface area (Å²) < 4.78 is 2.01. The number of benzene rings is 2. The molecule has 0 spiro atoms. The van der Waals surface area contributed by atoms with Gasteiger partial charge in [-0.25, -0.2) is 4.98 Å². The van der Waals surface area contributed by atoms with Crippen LogP contribution in [0.25, 0.3) is 0 Å². The highest BCUT2D eigenvalue weighted by Gasteiger charge is 2.21. The highest BCUT2D eigenvalue weighted by atomic mass is 35.5. The molecule has 156 valence electrons. The van der Waals surface area contributed by atoms with Crippen LogP contribution in [-0.2, 0) is 17.8 Å². The Labute approximate surface area is 184 Å². The molecule has 0 aliphatic rings. The maximum absolute atomic E-state index is 12.7. The largest absolute Gasteiger partial charge is 0.333 e. The van der Waals surface area contributed by atoms with E-state index in [2.05, 4.69) is 23.2 Å². The summed E-state index contributed by atoms with van der Waals surface area (Å²) in [5, 5.41) is 0. The monoisotopic (exact) mass is 434 g/mol. The molecule has 1 amide bonds. The number of aromatic nitrogens is 2. The van der Waals surface area contributed by atoms with Gasteiger partial charge in [0, 0.05) is 31.9 Å². The highest BCUT2D eigenvalue weighted by molar-refractivity contribution is 5.96. The lowest BCUT2D eigenvalue weighted by Gasteiger charge is -2.22. The predicted octanol–water partition coefficient (Wildman–Crippen LogP) is 3.92. The minimum Gasteiger partial charge on any atom is -0.333 e. The molecule has 0 aliphatic heterocycles. The Kier molecular flexibility index (Phi) is 9.37. The minimum atomic E-state index is -0.629. The van der Waals surface area contributed by atoms with E-state index in [1.165, 1.54) is 5.56 Å². The molecule has 0 saturated carbocycles. The van der Waals surface area contributed by atoms with E-state index in [9.17, 15) is 4.79 Å². The van der Waals surface area contributed by atoms with Gasteiger partial charge in [0.15, 0.2) is 0 Å². The third-order valence-electron chi connectivity index (χ3n) is 4.57. The first kappa shape index (κ1) is 24.7. The van der Waals surface area contributed by atoms with Gasteiger partial charge in [0.05, 0.1) is 18.1 Å². The third kappa shape index (κ3) is 6.60. The predicted molar refractivity (Wildman–Crippen MR) is 123 cm³/mol. The molecular formula is C22H28Cl2N4O. The summed E-state index contributed by atoms with van der Waals surface area (Å²) >= 11 is 0. The molecule has 7 heteroatoms. The number of aryl methyl sites for hydroxylation is 2. The quantitative estimate of drug-likeness (QED) is 0.638. The lowest BCUT2D eigenvalue weighted by Crippen LogP contribution is -2.43.